The molecule has 6 unspecified atom stereocenters. The number of alkyl halides is 6. The number of hydrogen-bond donors (Lipinski definition) is 0. The Balaban J connectivity index is 5.78. The SMILES string of the molecule is CC(Cl)OP(=O)(OC(C)Cl)OC(Cl)(C(C)Cl)C(C(C)Cl)C(C)Cl. The van der Waals surface area contributed by atoms with Gasteiger partial charge in [-0.3, -0.25) is 13.6 Å². The second kappa shape index (κ2) is 10.3. The van der Waals surface area contributed by atoms with Crippen LogP contribution in [0.5, 0.6) is 0 Å². The molecule has 6 atom stereocenters. The third-order valence-corrected chi connectivity index (χ3v) is 6.63. The fraction of sp³-hybridized carbons (Fsp3) is 1.00. The Bertz CT molecular complexity index is 385. The van der Waals surface area contributed by atoms with Gasteiger partial charge in [-0.25, -0.2) is 4.57 Å². The molecule has 0 bridgehead atoms. The molecular weight excluding hydrogens is 452 g/mol. The van der Waals surface area contributed by atoms with E-state index in [4.69, 9.17) is 83.2 Å². The maximum absolute atomic E-state index is 12.8. The first-order chi connectivity index (χ1) is 10.2. The number of phosphoric acid groups is 1. The average molecular weight is 473 g/mol. The smallest absolute Gasteiger partial charge is 0.268 e. The Morgan fingerprint density at radius 2 is 1.17 bits per heavy atom. The van der Waals surface area contributed by atoms with Gasteiger partial charge in [-0.15, -0.1) is 34.8 Å². The van der Waals surface area contributed by atoms with Gasteiger partial charge in [0, 0.05) is 16.7 Å². The lowest BCUT2D eigenvalue weighted by Gasteiger charge is -2.41. The van der Waals surface area contributed by atoms with E-state index in [0.717, 1.165) is 0 Å². The van der Waals surface area contributed by atoms with Crippen LogP contribution in [0.4, 0.5) is 0 Å². The van der Waals surface area contributed by atoms with Crippen LogP contribution in [0.15, 0.2) is 0 Å². The number of halogens is 6. The summed E-state index contributed by atoms with van der Waals surface area (Å²) < 4.78 is 28.5. The van der Waals surface area contributed by atoms with Crippen LogP contribution in [0.3, 0.4) is 0 Å². The maximum Gasteiger partial charge on any atom is 0.479 e. The normalized spacial score (nSPS) is 25.5. The van der Waals surface area contributed by atoms with Gasteiger partial charge in [0.1, 0.15) is 11.1 Å². The van der Waals surface area contributed by atoms with Gasteiger partial charge in [-0.2, -0.15) is 0 Å². The second-order valence-corrected chi connectivity index (χ2v) is 10.4. The molecule has 0 aromatic carbocycles. The van der Waals surface area contributed by atoms with Gasteiger partial charge in [0.15, 0.2) is 5.06 Å². The Labute approximate surface area is 167 Å². The predicted octanol–water partition coefficient (Wildman–Crippen LogP) is 6.75. The van der Waals surface area contributed by atoms with Crippen molar-refractivity contribution in [1.82, 2.24) is 0 Å². The summed E-state index contributed by atoms with van der Waals surface area (Å²) in [6.07, 6.45) is 0. The number of hydrogen-bond acceptors (Lipinski definition) is 4. The standard InChI is InChI=1S/C12H21Cl6O4P/c1-6(13)11(7(2)14)12(18,8(3)15)22-23(19,20-9(4)16)21-10(5)17/h6-11H,1-5H3. The van der Waals surface area contributed by atoms with Crippen LogP contribution in [0.1, 0.15) is 34.6 Å². The van der Waals surface area contributed by atoms with E-state index in [1.807, 2.05) is 0 Å². The molecule has 11 heteroatoms. The molecule has 0 saturated carbocycles. The van der Waals surface area contributed by atoms with Crippen molar-refractivity contribution in [2.45, 2.75) is 66.9 Å². The first kappa shape index (κ1) is 24.8. The van der Waals surface area contributed by atoms with Crippen LogP contribution in [0, 0.1) is 5.92 Å². The molecule has 140 valence electrons. The Hall–Kier alpha value is 1.85. The van der Waals surface area contributed by atoms with E-state index in [1.54, 1.807) is 20.8 Å². The van der Waals surface area contributed by atoms with Gasteiger partial charge in [-0.1, -0.05) is 34.8 Å². The molecule has 0 aliphatic rings. The van der Waals surface area contributed by atoms with Crippen molar-refractivity contribution in [2.75, 3.05) is 0 Å². The lowest BCUT2D eigenvalue weighted by Crippen LogP contribution is -2.48. The molecule has 0 aromatic heterocycles. The van der Waals surface area contributed by atoms with E-state index in [0.29, 0.717) is 0 Å². The van der Waals surface area contributed by atoms with Crippen molar-refractivity contribution in [3.8, 4) is 0 Å². The molecule has 0 aromatic rings. The third kappa shape index (κ3) is 7.95. The summed E-state index contributed by atoms with van der Waals surface area (Å²) in [5.41, 5.74) is -1.97. The summed E-state index contributed by atoms with van der Waals surface area (Å²) in [6, 6.07) is 0. The molecule has 0 amide bonds. The van der Waals surface area contributed by atoms with E-state index < -0.39 is 46.1 Å². The van der Waals surface area contributed by atoms with Crippen LogP contribution < -0.4 is 0 Å². The van der Waals surface area contributed by atoms with E-state index in [2.05, 4.69) is 0 Å². The Morgan fingerprint density at radius 3 is 1.39 bits per heavy atom. The van der Waals surface area contributed by atoms with E-state index >= 15 is 0 Å². The zero-order chi connectivity index (χ0) is 18.6. The highest BCUT2D eigenvalue weighted by Gasteiger charge is 2.53. The monoisotopic (exact) mass is 470 g/mol. The van der Waals surface area contributed by atoms with Crippen LogP contribution in [0.25, 0.3) is 0 Å². The minimum atomic E-state index is -4.24. The molecule has 0 fully saturated rings. The highest BCUT2D eigenvalue weighted by molar-refractivity contribution is 7.48. The molecular formula is C12H21Cl6O4P. The van der Waals surface area contributed by atoms with Crippen molar-refractivity contribution < 1.29 is 18.1 Å². The topological polar surface area (TPSA) is 44.8 Å². The Kier molecular flexibility index (Phi) is 11.1. The van der Waals surface area contributed by atoms with Gasteiger partial charge in [0.2, 0.25) is 0 Å². The minimum absolute atomic E-state index is 0.545. The van der Waals surface area contributed by atoms with E-state index in [1.165, 1.54) is 13.8 Å². The summed E-state index contributed by atoms with van der Waals surface area (Å²) in [5, 5.41) is -3.67. The number of phosphoric ester groups is 1. The van der Waals surface area contributed by atoms with Gasteiger partial charge in [0.05, 0.1) is 5.38 Å². The minimum Gasteiger partial charge on any atom is -0.268 e. The first-order valence-corrected chi connectivity index (χ1v) is 10.8. The third-order valence-electron chi connectivity index (χ3n) is 2.79. The van der Waals surface area contributed by atoms with Gasteiger partial charge >= 0.3 is 7.82 Å². The predicted molar refractivity (Wildman–Crippen MR) is 99.5 cm³/mol. The van der Waals surface area contributed by atoms with Crippen molar-refractivity contribution in [3.05, 3.63) is 0 Å². The number of rotatable bonds is 10. The van der Waals surface area contributed by atoms with Crippen LogP contribution in [-0.4, -0.2) is 32.3 Å². The summed E-state index contributed by atoms with van der Waals surface area (Å²) in [6.45, 7) is 7.77. The molecule has 0 rings (SSSR count). The molecule has 0 aliphatic heterocycles. The molecule has 0 spiro atoms. The highest BCUT2D eigenvalue weighted by atomic mass is 35.5. The first-order valence-electron chi connectivity index (χ1n) is 6.82. The van der Waals surface area contributed by atoms with Gasteiger partial charge in [0.25, 0.3) is 0 Å². The molecule has 0 saturated heterocycles. The van der Waals surface area contributed by atoms with Crippen LogP contribution in [-0.2, 0) is 18.1 Å². The quantitative estimate of drug-likeness (QED) is 0.260. The van der Waals surface area contributed by atoms with Crippen molar-refractivity contribution >= 4 is 77.4 Å². The summed E-state index contributed by atoms with van der Waals surface area (Å²) in [5.74, 6) is -0.684. The van der Waals surface area contributed by atoms with Crippen LogP contribution >= 0.6 is 77.4 Å². The summed E-state index contributed by atoms with van der Waals surface area (Å²) in [4.78, 5) is 0. The highest BCUT2D eigenvalue weighted by Crippen LogP contribution is 2.59. The molecule has 4 nitrogen and oxygen atoms in total. The van der Waals surface area contributed by atoms with Crippen molar-refractivity contribution in [2.24, 2.45) is 5.92 Å². The van der Waals surface area contributed by atoms with Crippen molar-refractivity contribution in [1.29, 1.82) is 0 Å². The second-order valence-electron chi connectivity index (χ2n) is 5.03. The summed E-state index contributed by atoms with van der Waals surface area (Å²) in [7, 11) is -4.24. The zero-order valence-electron chi connectivity index (χ0n) is 13.3. The zero-order valence-corrected chi connectivity index (χ0v) is 18.7. The van der Waals surface area contributed by atoms with E-state index in [-0.39, 0.29) is 0 Å². The molecule has 0 heterocycles. The molecule has 0 radical (unpaired) electrons. The molecule has 0 aliphatic carbocycles. The van der Waals surface area contributed by atoms with Gasteiger partial charge < -0.3 is 0 Å². The lowest BCUT2D eigenvalue weighted by molar-refractivity contribution is 0.0190. The molecule has 23 heavy (non-hydrogen) atoms. The fourth-order valence-electron chi connectivity index (χ4n) is 1.99. The van der Waals surface area contributed by atoms with Crippen LogP contribution in [0.2, 0.25) is 0 Å². The summed E-state index contributed by atoms with van der Waals surface area (Å²) >= 11 is 36.5. The fourth-order valence-corrected chi connectivity index (χ4v) is 5.94. The molecule has 0 N–H and O–H groups in total. The lowest BCUT2D eigenvalue weighted by atomic mass is 9.93. The average Bonchev–Trinajstić information content (AvgIpc) is 2.23. The van der Waals surface area contributed by atoms with Crippen molar-refractivity contribution in [3.63, 3.8) is 0 Å². The maximum atomic E-state index is 12.8. The Morgan fingerprint density at radius 1 is 0.826 bits per heavy atom. The van der Waals surface area contributed by atoms with E-state index in [9.17, 15) is 4.57 Å². The largest absolute Gasteiger partial charge is 0.479 e. The van der Waals surface area contributed by atoms with Gasteiger partial charge in [-0.05, 0) is 34.6 Å².